The van der Waals surface area contributed by atoms with Crippen molar-refractivity contribution in [2.45, 2.75) is 16.3 Å². The molecule has 0 fully saturated rings. The van der Waals surface area contributed by atoms with E-state index in [1.54, 1.807) is 24.3 Å². The van der Waals surface area contributed by atoms with Gasteiger partial charge in [-0.3, -0.25) is 4.57 Å². The van der Waals surface area contributed by atoms with Crippen LogP contribution in [0.4, 0.5) is 0 Å². The molecule has 0 aliphatic heterocycles. The average Bonchev–Trinajstić information content (AvgIpc) is 2.17. The maximum Gasteiger partial charge on any atom is 0.338 e. The molecular weight excluding hydrogens is 235 g/mol. The van der Waals surface area contributed by atoms with E-state index in [1.807, 2.05) is 6.07 Å². The summed E-state index contributed by atoms with van der Waals surface area (Å²) >= 11 is 1.10. The second-order valence-electron chi connectivity index (χ2n) is 2.99. The zero-order valence-electron chi connectivity index (χ0n) is 7.98. The van der Waals surface area contributed by atoms with Crippen LogP contribution in [0.25, 0.3) is 0 Å². The van der Waals surface area contributed by atoms with Crippen LogP contribution in [0.3, 0.4) is 0 Å². The number of hydrogen-bond acceptors (Lipinski definition) is 3. The highest BCUT2D eigenvalue weighted by Crippen LogP contribution is 2.50. The van der Waals surface area contributed by atoms with E-state index in [9.17, 15) is 4.57 Å². The molecule has 3 N–H and O–H groups in total. The number of thioether (sulfide) groups is 1. The van der Waals surface area contributed by atoms with Gasteiger partial charge in [-0.1, -0.05) is 18.2 Å². The van der Waals surface area contributed by atoms with Crippen LogP contribution in [0.15, 0.2) is 35.2 Å². The maximum absolute atomic E-state index is 11.1. The Balaban J connectivity index is 2.72. The first kappa shape index (κ1) is 12.7. The molecule has 84 valence electrons. The number of hydrogen-bond donors (Lipinski definition) is 3. The molecule has 6 heteroatoms. The third kappa shape index (κ3) is 4.36. The Morgan fingerprint density at radius 3 is 2.33 bits per heavy atom. The van der Waals surface area contributed by atoms with E-state index in [-0.39, 0.29) is 13.0 Å². The topological polar surface area (TPSA) is 77.8 Å². The summed E-state index contributed by atoms with van der Waals surface area (Å²) in [6.07, 6.45) is 0.0871. The first-order valence-electron chi connectivity index (χ1n) is 4.42. The lowest BCUT2D eigenvalue weighted by atomic mass is 10.4. The average molecular weight is 248 g/mol. The van der Waals surface area contributed by atoms with Crippen molar-refractivity contribution in [3.05, 3.63) is 30.3 Å². The summed E-state index contributed by atoms with van der Waals surface area (Å²) in [5.74, 6) is 0. The second-order valence-corrected chi connectivity index (χ2v) is 6.41. The Hall–Kier alpha value is -0.320. The number of benzene rings is 1. The molecule has 0 aromatic heterocycles. The molecule has 0 bridgehead atoms. The second kappa shape index (κ2) is 5.68. The lowest BCUT2D eigenvalue weighted by molar-refractivity contribution is 0.285. The molecule has 0 saturated carbocycles. The van der Waals surface area contributed by atoms with Gasteiger partial charge in [0.05, 0.1) is 0 Å². The Labute approximate surface area is 92.5 Å². The molecule has 0 aliphatic rings. The Morgan fingerprint density at radius 1 is 1.27 bits per heavy atom. The molecule has 0 aliphatic carbocycles. The standard InChI is InChI=1S/C9H13O4PS/c10-7-6-9(14(11,12)13)15-8-4-2-1-3-5-8/h1-5,9-10H,6-7H2,(H2,11,12,13). The fourth-order valence-electron chi connectivity index (χ4n) is 1.06. The van der Waals surface area contributed by atoms with Crippen molar-refractivity contribution >= 4 is 19.4 Å². The van der Waals surface area contributed by atoms with E-state index in [0.29, 0.717) is 0 Å². The summed E-state index contributed by atoms with van der Waals surface area (Å²) in [5, 5.41) is 8.72. The van der Waals surface area contributed by atoms with Gasteiger partial charge in [0.1, 0.15) is 4.99 Å². The fraction of sp³-hybridized carbons (Fsp3) is 0.333. The summed E-state index contributed by atoms with van der Waals surface area (Å²) in [6.45, 7) is -0.227. The van der Waals surface area contributed by atoms with Crippen molar-refractivity contribution in [1.29, 1.82) is 0 Å². The van der Waals surface area contributed by atoms with Crippen molar-refractivity contribution in [3.63, 3.8) is 0 Å². The van der Waals surface area contributed by atoms with Gasteiger partial charge in [0.2, 0.25) is 0 Å². The minimum absolute atomic E-state index is 0.0871. The van der Waals surface area contributed by atoms with Gasteiger partial charge in [0.25, 0.3) is 0 Å². The summed E-state index contributed by atoms with van der Waals surface area (Å²) in [5.41, 5.74) is 0. The first-order chi connectivity index (χ1) is 7.04. The molecule has 1 rings (SSSR count). The fourth-order valence-corrected chi connectivity index (χ4v) is 3.28. The monoisotopic (exact) mass is 248 g/mol. The highest BCUT2D eigenvalue weighted by molar-refractivity contribution is 8.05. The van der Waals surface area contributed by atoms with E-state index in [4.69, 9.17) is 14.9 Å². The van der Waals surface area contributed by atoms with Crippen molar-refractivity contribution in [2.24, 2.45) is 0 Å². The van der Waals surface area contributed by atoms with Crippen LogP contribution < -0.4 is 0 Å². The molecule has 1 atom stereocenters. The van der Waals surface area contributed by atoms with Crippen LogP contribution in [0.5, 0.6) is 0 Å². The van der Waals surface area contributed by atoms with E-state index in [1.165, 1.54) is 0 Å². The zero-order chi connectivity index (χ0) is 11.3. The van der Waals surface area contributed by atoms with Gasteiger partial charge < -0.3 is 14.9 Å². The molecule has 0 heterocycles. The summed E-state index contributed by atoms with van der Waals surface area (Å²) in [6, 6.07) is 9.01. The minimum Gasteiger partial charge on any atom is -0.396 e. The Bertz CT molecular complexity index is 337. The number of rotatable bonds is 5. The van der Waals surface area contributed by atoms with Gasteiger partial charge in [0, 0.05) is 11.5 Å². The molecule has 1 aromatic carbocycles. The quantitative estimate of drug-likeness (QED) is 0.545. The van der Waals surface area contributed by atoms with Crippen molar-refractivity contribution in [2.75, 3.05) is 6.61 Å². The van der Waals surface area contributed by atoms with Crippen LogP contribution in [0.1, 0.15) is 6.42 Å². The van der Waals surface area contributed by atoms with Gasteiger partial charge in [-0.2, -0.15) is 0 Å². The highest BCUT2D eigenvalue weighted by atomic mass is 32.2. The third-order valence-electron chi connectivity index (χ3n) is 1.77. The van der Waals surface area contributed by atoms with Crippen LogP contribution in [0, 0.1) is 0 Å². The molecular formula is C9H13O4PS. The highest BCUT2D eigenvalue weighted by Gasteiger charge is 2.28. The smallest absolute Gasteiger partial charge is 0.338 e. The lowest BCUT2D eigenvalue weighted by Crippen LogP contribution is -2.05. The third-order valence-corrected chi connectivity index (χ3v) is 4.97. The summed E-state index contributed by atoms with van der Waals surface area (Å²) < 4.78 is 11.1. The SMILES string of the molecule is O=P(O)(O)C(CCO)Sc1ccccc1. The van der Waals surface area contributed by atoms with Gasteiger partial charge in [-0.15, -0.1) is 11.8 Å². The van der Waals surface area contributed by atoms with Gasteiger partial charge in [0.15, 0.2) is 0 Å². The van der Waals surface area contributed by atoms with Crippen molar-refractivity contribution in [3.8, 4) is 0 Å². The normalized spacial score (nSPS) is 13.8. The number of aliphatic hydroxyl groups excluding tert-OH is 1. The molecule has 0 amide bonds. The van der Waals surface area contributed by atoms with E-state index >= 15 is 0 Å². The zero-order valence-corrected chi connectivity index (χ0v) is 9.69. The number of aliphatic hydroxyl groups is 1. The van der Waals surface area contributed by atoms with Crippen LogP contribution in [-0.4, -0.2) is 26.5 Å². The van der Waals surface area contributed by atoms with E-state index < -0.39 is 12.6 Å². The molecule has 1 aromatic rings. The lowest BCUT2D eigenvalue weighted by Gasteiger charge is -2.16. The predicted molar refractivity (Wildman–Crippen MR) is 59.8 cm³/mol. The molecule has 1 unspecified atom stereocenters. The van der Waals surface area contributed by atoms with Crippen LogP contribution >= 0.6 is 19.4 Å². The Morgan fingerprint density at radius 2 is 1.87 bits per heavy atom. The van der Waals surface area contributed by atoms with E-state index in [2.05, 4.69) is 0 Å². The van der Waals surface area contributed by atoms with Crippen molar-refractivity contribution in [1.82, 2.24) is 0 Å². The van der Waals surface area contributed by atoms with Crippen LogP contribution in [0.2, 0.25) is 0 Å². The van der Waals surface area contributed by atoms with Crippen molar-refractivity contribution < 1.29 is 19.5 Å². The predicted octanol–water partition coefficient (Wildman–Crippen LogP) is 1.66. The largest absolute Gasteiger partial charge is 0.396 e. The van der Waals surface area contributed by atoms with Gasteiger partial charge >= 0.3 is 7.60 Å². The van der Waals surface area contributed by atoms with Crippen LogP contribution in [-0.2, 0) is 4.57 Å². The van der Waals surface area contributed by atoms with E-state index in [0.717, 1.165) is 16.7 Å². The Kier molecular flexibility index (Phi) is 4.83. The molecule has 15 heavy (non-hydrogen) atoms. The summed E-state index contributed by atoms with van der Waals surface area (Å²) in [4.78, 5) is 18.0. The minimum atomic E-state index is -4.15. The van der Waals surface area contributed by atoms with Gasteiger partial charge in [-0.05, 0) is 18.6 Å². The first-order valence-corrected chi connectivity index (χ1v) is 6.98. The van der Waals surface area contributed by atoms with Gasteiger partial charge in [-0.25, -0.2) is 0 Å². The molecule has 0 radical (unpaired) electrons. The summed E-state index contributed by atoms with van der Waals surface area (Å²) in [7, 11) is -4.15. The molecule has 4 nitrogen and oxygen atoms in total. The molecule has 0 spiro atoms. The molecule has 0 saturated heterocycles. The maximum atomic E-state index is 11.1.